The Balaban J connectivity index is 2.18. The topological polar surface area (TPSA) is 45.5 Å². The minimum absolute atomic E-state index is 0.295. The maximum atomic E-state index is 13.9. The van der Waals surface area contributed by atoms with Crippen LogP contribution in [-0.4, -0.2) is 28.5 Å². The highest BCUT2D eigenvalue weighted by Gasteiger charge is 2.15. The zero-order chi connectivity index (χ0) is 14.1. The van der Waals surface area contributed by atoms with Crippen molar-refractivity contribution in [3.05, 3.63) is 48.7 Å². The van der Waals surface area contributed by atoms with Gasteiger partial charge in [0.05, 0.1) is 11.9 Å². The number of anilines is 3. The Morgan fingerprint density at radius 2 is 2.10 bits per heavy atom. The summed E-state index contributed by atoms with van der Waals surface area (Å²) in [6.07, 6.45) is 5.35. The Hall–Kier alpha value is -2.63. The Kier molecular flexibility index (Phi) is 2.98. The van der Waals surface area contributed by atoms with Crippen molar-refractivity contribution in [1.82, 2.24) is 14.4 Å². The van der Waals surface area contributed by atoms with Gasteiger partial charge in [-0.05, 0) is 12.1 Å². The summed E-state index contributed by atoms with van der Waals surface area (Å²) in [6.45, 7) is 0. The first kappa shape index (κ1) is 12.4. The molecule has 6 heteroatoms. The minimum Gasteiger partial charge on any atom is -0.372 e. The van der Waals surface area contributed by atoms with Gasteiger partial charge in [-0.3, -0.25) is 0 Å². The molecule has 2 heterocycles. The lowest BCUT2D eigenvalue weighted by Gasteiger charge is -2.20. The second-order valence-corrected chi connectivity index (χ2v) is 4.37. The van der Waals surface area contributed by atoms with Crippen molar-refractivity contribution in [3.63, 3.8) is 0 Å². The highest BCUT2D eigenvalue weighted by Crippen LogP contribution is 2.28. The number of fused-ring (bicyclic) bond motifs is 1. The van der Waals surface area contributed by atoms with Crippen LogP contribution < -0.4 is 10.2 Å². The van der Waals surface area contributed by atoms with Crippen LogP contribution in [0.15, 0.2) is 42.9 Å². The van der Waals surface area contributed by atoms with Crippen molar-refractivity contribution in [1.29, 1.82) is 0 Å². The third-order valence-corrected chi connectivity index (χ3v) is 3.14. The lowest BCUT2D eigenvalue weighted by Crippen LogP contribution is -2.15. The highest BCUT2D eigenvalue weighted by atomic mass is 19.1. The fourth-order valence-corrected chi connectivity index (χ4v) is 2.10. The van der Waals surface area contributed by atoms with Crippen LogP contribution in [0.1, 0.15) is 0 Å². The van der Waals surface area contributed by atoms with Gasteiger partial charge in [0.25, 0.3) is 0 Å². The molecule has 2 aromatic heterocycles. The predicted octanol–water partition coefficient (Wildman–Crippen LogP) is 2.68. The first-order valence-corrected chi connectivity index (χ1v) is 6.20. The van der Waals surface area contributed by atoms with Gasteiger partial charge < -0.3 is 14.6 Å². The van der Waals surface area contributed by atoms with E-state index < -0.39 is 0 Å². The molecule has 0 bridgehead atoms. The van der Waals surface area contributed by atoms with E-state index >= 15 is 0 Å². The summed E-state index contributed by atoms with van der Waals surface area (Å²) in [4.78, 5) is 10.4. The number of benzene rings is 1. The van der Waals surface area contributed by atoms with Gasteiger partial charge in [-0.1, -0.05) is 12.1 Å². The number of nitrogens with zero attached hydrogens (tertiary/aromatic N) is 4. The molecule has 0 spiro atoms. The summed E-state index contributed by atoms with van der Waals surface area (Å²) in [5.74, 6) is 0.983. The molecule has 0 fully saturated rings. The molecule has 3 aromatic rings. The third-order valence-electron chi connectivity index (χ3n) is 3.14. The fourth-order valence-electron chi connectivity index (χ4n) is 2.10. The summed E-state index contributed by atoms with van der Waals surface area (Å²) in [5.41, 5.74) is 1.13. The van der Waals surface area contributed by atoms with E-state index in [1.807, 2.05) is 16.8 Å². The normalized spacial score (nSPS) is 10.8. The Bertz CT molecular complexity index is 752. The van der Waals surface area contributed by atoms with E-state index in [4.69, 9.17) is 0 Å². The summed E-state index contributed by atoms with van der Waals surface area (Å²) in [6, 6.07) is 6.59. The number of imidazole rings is 1. The van der Waals surface area contributed by atoms with E-state index in [0.29, 0.717) is 23.0 Å². The van der Waals surface area contributed by atoms with E-state index in [1.165, 1.54) is 6.07 Å². The van der Waals surface area contributed by atoms with Crippen LogP contribution in [0, 0.1) is 5.82 Å². The molecule has 102 valence electrons. The van der Waals surface area contributed by atoms with Gasteiger partial charge in [0.2, 0.25) is 0 Å². The molecule has 0 saturated carbocycles. The summed E-state index contributed by atoms with van der Waals surface area (Å²) < 4.78 is 15.8. The van der Waals surface area contributed by atoms with Crippen molar-refractivity contribution >= 4 is 23.0 Å². The Morgan fingerprint density at radius 3 is 2.85 bits per heavy atom. The van der Waals surface area contributed by atoms with Crippen LogP contribution in [0.3, 0.4) is 0 Å². The molecular formula is C14H14FN5. The molecular weight excluding hydrogens is 257 g/mol. The fraction of sp³-hybridized carbons (Fsp3) is 0.143. The van der Waals surface area contributed by atoms with Crippen molar-refractivity contribution in [2.75, 3.05) is 24.3 Å². The summed E-state index contributed by atoms with van der Waals surface area (Å²) in [5, 5.41) is 2.99. The maximum Gasteiger partial charge on any atom is 0.180 e. The monoisotopic (exact) mass is 271 g/mol. The van der Waals surface area contributed by atoms with Gasteiger partial charge in [0.15, 0.2) is 11.5 Å². The van der Waals surface area contributed by atoms with E-state index in [-0.39, 0.29) is 5.82 Å². The van der Waals surface area contributed by atoms with Crippen molar-refractivity contribution < 1.29 is 4.39 Å². The van der Waals surface area contributed by atoms with Crippen molar-refractivity contribution in [2.45, 2.75) is 0 Å². The van der Waals surface area contributed by atoms with Crippen LogP contribution >= 0.6 is 0 Å². The molecule has 3 rings (SSSR count). The van der Waals surface area contributed by atoms with Crippen LogP contribution in [0.25, 0.3) is 5.65 Å². The van der Waals surface area contributed by atoms with Gasteiger partial charge >= 0.3 is 0 Å². The molecule has 0 aliphatic carbocycles. The van der Waals surface area contributed by atoms with Crippen LogP contribution in [-0.2, 0) is 0 Å². The second-order valence-electron chi connectivity index (χ2n) is 4.37. The van der Waals surface area contributed by atoms with Gasteiger partial charge in [-0.15, -0.1) is 0 Å². The molecule has 0 unspecified atom stereocenters. The molecule has 0 atom stereocenters. The predicted molar refractivity (Wildman–Crippen MR) is 77.0 cm³/mol. The second kappa shape index (κ2) is 4.80. The summed E-state index contributed by atoms with van der Waals surface area (Å²) in [7, 11) is 3.56. The largest absolute Gasteiger partial charge is 0.372 e. The smallest absolute Gasteiger partial charge is 0.180 e. The van der Waals surface area contributed by atoms with Crippen LogP contribution in [0.4, 0.5) is 21.7 Å². The van der Waals surface area contributed by atoms with Gasteiger partial charge in [-0.25, -0.2) is 14.4 Å². The number of para-hydroxylation sites is 1. The molecule has 20 heavy (non-hydrogen) atoms. The van der Waals surface area contributed by atoms with E-state index in [0.717, 1.165) is 0 Å². The Morgan fingerprint density at radius 1 is 1.30 bits per heavy atom. The molecule has 0 aliphatic rings. The van der Waals surface area contributed by atoms with E-state index in [9.17, 15) is 4.39 Å². The zero-order valence-electron chi connectivity index (χ0n) is 11.2. The molecule has 0 radical (unpaired) electrons. The van der Waals surface area contributed by atoms with E-state index in [2.05, 4.69) is 15.3 Å². The first-order valence-electron chi connectivity index (χ1n) is 6.20. The molecule has 0 amide bonds. The number of rotatable bonds is 3. The number of nitrogens with one attached hydrogen (secondary N) is 1. The Labute approximate surface area is 115 Å². The molecule has 0 aliphatic heterocycles. The zero-order valence-corrected chi connectivity index (χ0v) is 11.2. The van der Waals surface area contributed by atoms with E-state index in [1.54, 1.807) is 43.4 Å². The lowest BCUT2D eigenvalue weighted by atomic mass is 10.3. The lowest BCUT2D eigenvalue weighted by molar-refractivity contribution is 0.627. The van der Waals surface area contributed by atoms with Gasteiger partial charge in [0.1, 0.15) is 11.6 Å². The van der Waals surface area contributed by atoms with Crippen molar-refractivity contribution in [2.24, 2.45) is 0 Å². The average molecular weight is 271 g/mol. The quantitative estimate of drug-likeness (QED) is 0.795. The number of hydrogen-bond acceptors (Lipinski definition) is 4. The number of halogens is 1. The van der Waals surface area contributed by atoms with Gasteiger partial charge in [-0.2, -0.15) is 0 Å². The SMILES string of the molecule is CNc1cn2ccnc2c(N(C)c2ccccc2F)n1. The highest BCUT2D eigenvalue weighted by molar-refractivity contribution is 5.73. The first-order chi connectivity index (χ1) is 9.70. The summed E-state index contributed by atoms with van der Waals surface area (Å²) >= 11 is 0. The molecule has 5 nitrogen and oxygen atoms in total. The van der Waals surface area contributed by atoms with Crippen molar-refractivity contribution in [3.8, 4) is 0 Å². The maximum absolute atomic E-state index is 13.9. The van der Waals surface area contributed by atoms with Gasteiger partial charge in [0, 0.05) is 26.5 Å². The number of hydrogen-bond donors (Lipinski definition) is 1. The molecule has 1 N–H and O–H groups in total. The standard InChI is InChI=1S/C14H14FN5/c1-16-12-9-20-8-7-17-13(20)14(18-12)19(2)11-6-4-3-5-10(11)15/h3-9,16H,1-2H3. The molecule has 0 saturated heterocycles. The number of aromatic nitrogens is 3. The van der Waals surface area contributed by atoms with Crippen LogP contribution in [0.5, 0.6) is 0 Å². The minimum atomic E-state index is -0.295. The average Bonchev–Trinajstić information content (AvgIpc) is 2.94. The molecule has 1 aromatic carbocycles. The third kappa shape index (κ3) is 1.95. The van der Waals surface area contributed by atoms with Crippen LogP contribution in [0.2, 0.25) is 0 Å².